The minimum Gasteiger partial charge on any atom is -0.325 e. The summed E-state index contributed by atoms with van der Waals surface area (Å²) in [7, 11) is 0. The van der Waals surface area contributed by atoms with Crippen LogP contribution in [0.4, 0.5) is 0 Å². The number of pyridine rings is 1. The van der Waals surface area contributed by atoms with Crippen molar-refractivity contribution in [1.29, 1.82) is 0 Å². The molecule has 2 N–H and O–H groups in total. The molecule has 0 unspecified atom stereocenters. The van der Waals surface area contributed by atoms with E-state index in [-0.39, 0.29) is 0 Å². The van der Waals surface area contributed by atoms with Crippen molar-refractivity contribution in [3.63, 3.8) is 0 Å². The molecule has 6 heteroatoms. The van der Waals surface area contributed by atoms with Gasteiger partial charge < -0.3 is 5.73 Å². The molecule has 0 aliphatic heterocycles. The zero-order chi connectivity index (χ0) is 12.5. The van der Waals surface area contributed by atoms with Crippen LogP contribution >= 0.6 is 15.9 Å². The van der Waals surface area contributed by atoms with Crippen LogP contribution in [0.15, 0.2) is 41.3 Å². The Labute approximate surface area is 112 Å². The van der Waals surface area contributed by atoms with Gasteiger partial charge in [0.1, 0.15) is 5.69 Å². The van der Waals surface area contributed by atoms with Crippen molar-refractivity contribution >= 4 is 21.6 Å². The molecule has 0 bridgehead atoms. The Morgan fingerprint density at radius 1 is 1.17 bits per heavy atom. The van der Waals surface area contributed by atoms with Crippen molar-refractivity contribution in [1.82, 2.24) is 19.6 Å². The van der Waals surface area contributed by atoms with E-state index in [1.165, 1.54) is 0 Å². The molecule has 0 aliphatic carbocycles. The molecule has 0 aromatic carbocycles. The second-order valence-electron chi connectivity index (χ2n) is 3.77. The molecule has 5 nitrogen and oxygen atoms in total. The molecule has 3 rings (SSSR count). The third-order valence-corrected chi connectivity index (χ3v) is 3.43. The van der Waals surface area contributed by atoms with Gasteiger partial charge in [-0.2, -0.15) is 5.10 Å². The first-order valence-electron chi connectivity index (χ1n) is 5.44. The van der Waals surface area contributed by atoms with E-state index in [9.17, 15) is 0 Å². The Balaban J connectivity index is 2.29. The highest BCUT2D eigenvalue weighted by molar-refractivity contribution is 9.10. The summed E-state index contributed by atoms with van der Waals surface area (Å²) in [6.45, 7) is 0.420. The summed E-state index contributed by atoms with van der Waals surface area (Å²) < 4.78 is 2.63. The van der Waals surface area contributed by atoms with Gasteiger partial charge in [-0.15, -0.1) is 0 Å². The van der Waals surface area contributed by atoms with Gasteiger partial charge >= 0.3 is 0 Å². The molecule has 0 aliphatic rings. The lowest BCUT2D eigenvalue weighted by Gasteiger charge is -1.99. The van der Waals surface area contributed by atoms with E-state index in [2.05, 4.69) is 31.0 Å². The molecule has 0 fully saturated rings. The van der Waals surface area contributed by atoms with Crippen LogP contribution in [0.5, 0.6) is 0 Å². The summed E-state index contributed by atoms with van der Waals surface area (Å²) in [6, 6.07) is 5.69. The molecule has 3 aromatic heterocycles. The van der Waals surface area contributed by atoms with Crippen LogP contribution in [0.2, 0.25) is 0 Å². The van der Waals surface area contributed by atoms with E-state index in [4.69, 9.17) is 5.73 Å². The van der Waals surface area contributed by atoms with E-state index >= 15 is 0 Å². The fraction of sp³-hybridized carbons (Fsp3) is 0.0833. The highest BCUT2D eigenvalue weighted by atomic mass is 79.9. The first kappa shape index (κ1) is 11.3. The molecule has 0 amide bonds. The fourth-order valence-electron chi connectivity index (χ4n) is 1.82. The van der Waals surface area contributed by atoms with Gasteiger partial charge in [0.25, 0.3) is 0 Å². The minimum atomic E-state index is 0.420. The van der Waals surface area contributed by atoms with Crippen molar-refractivity contribution in [2.45, 2.75) is 6.54 Å². The highest BCUT2D eigenvalue weighted by Crippen LogP contribution is 2.29. The predicted octanol–water partition coefficient (Wildman–Crippen LogP) is 2.01. The van der Waals surface area contributed by atoms with Gasteiger partial charge in [-0.25, -0.2) is 9.50 Å². The Hall–Kier alpha value is -1.79. The monoisotopic (exact) mass is 303 g/mol. The third kappa shape index (κ3) is 1.70. The van der Waals surface area contributed by atoms with Gasteiger partial charge in [0, 0.05) is 30.7 Å². The zero-order valence-corrected chi connectivity index (χ0v) is 11.0. The predicted molar refractivity (Wildman–Crippen MR) is 71.8 cm³/mol. The number of nitrogens with zero attached hydrogens (tertiary/aromatic N) is 4. The van der Waals surface area contributed by atoms with Crippen LogP contribution in [0.25, 0.3) is 16.9 Å². The number of hydrogen-bond acceptors (Lipinski definition) is 4. The van der Waals surface area contributed by atoms with E-state index in [0.29, 0.717) is 6.54 Å². The first-order valence-corrected chi connectivity index (χ1v) is 6.23. The zero-order valence-electron chi connectivity index (χ0n) is 9.42. The van der Waals surface area contributed by atoms with Crippen LogP contribution in [-0.4, -0.2) is 19.6 Å². The maximum atomic E-state index is 5.70. The van der Waals surface area contributed by atoms with Crippen molar-refractivity contribution in [2.75, 3.05) is 0 Å². The summed E-state index contributed by atoms with van der Waals surface area (Å²) in [5.41, 5.74) is 9.22. The molecule has 0 radical (unpaired) electrons. The average molecular weight is 304 g/mol. The van der Waals surface area contributed by atoms with Crippen molar-refractivity contribution in [3.05, 3.63) is 47.0 Å². The number of fused-ring (bicyclic) bond motifs is 1. The minimum absolute atomic E-state index is 0.420. The van der Waals surface area contributed by atoms with Crippen molar-refractivity contribution < 1.29 is 0 Å². The fourth-order valence-corrected chi connectivity index (χ4v) is 2.39. The number of hydrogen-bond donors (Lipinski definition) is 1. The van der Waals surface area contributed by atoms with E-state index < -0.39 is 0 Å². The first-order chi connectivity index (χ1) is 8.81. The second kappa shape index (κ2) is 4.47. The van der Waals surface area contributed by atoms with Gasteiger partial charge in [0.2, 0.25) is 0 Å². The Kier molecular flexibility index (Phi) is 2.81. The molecule has 18 heavy (non-hydrogen) atoms. The molecule has 90 valence electrons. The molecule has 0 atom stereocenters. The van der Waals surface area contributed by atoms with Crippen LogP contribution in [0.3, 0.4) is 0 Å². The summed E-state index contributed by atoms with van der Waals surface area (Å²) in [5, 5.41) is 4.55. The third-order valence-electron chi connectivity index (χ3n) is 2.70. The molecular formula is C12H10BrN5. The van der Waals surface area contributed by atoms with Gasteiger partial charge in [-0.3, -0.25) is 4.98 Å². The van der Waals surface area contributed by atoms with Crippen LogP contribution in [-0.2, 0) is 6.54 Å². The van der Waals surface area contributed by atoms with Gasteiger partial charge in [0.15, 0.2) is 5.65 Å². The molecule has 3 aromatic rings. The molecule has 0 saturated heterocycles. The second-order valence-corrected chi connectivity index (χ2v) is 4.57. The van der Waals surface area contributed by atoms with Crippen molar-refractivity contribution in [2.24, 2.45) is 5.73 Å². The normalized spacial score (nSPS) is 11.0. The van der Waals surface area contributed by atoms with Gasteiger partial charge in [0.05, 0.1) is 10.2 Å². The SMILES string of the molecule is NCc1ccnc2c(Br)c(-c3ccncc3)nn12. The van der Waals surface area contributed by atoms with Gasteiger partial charge in [-0.1, -0.05) is 0 Å². The van der Waals surface area contributed by atoms with Crippen LogP contribution < -0.4 is 5.73 Å². The lowest BCUT2D eigenvalue weighted by atomic mass is 10.2. The van der Waals surface area contributed by atoms with E-state index in [1.807, 2.05) is 18.2 Å². The Bertz CT molecular complexity index is 692. The summed E-state index contributed by atoms with van der Waals surface area (Å²) in [4.78, 5) is 8.32. The smallest absolute Gasteiger partial charge is 0.170 e. The van der Waals surface area contributed by atoms with E-state index in [1.54, 1.807) is 23.1 Å². The van der Waals surface area contributed by atoms with Crippen LogP contribution in [0, 0.1) is 0 Å². The number of aromatic nitrogens is 4. The molecule has 0 saturated carbocycles. The maximum Gasteiger partial charge on any atom is 0.170 e. The largest absolute Gasteiger partial charge is 0.325 e. The number of halogens is 1. The Morgan fingerprint density at radius 2 is 1.94 bits per heavy atom. The quantitative estimate of drug-likeness (QED) is 0.786. The lowest BCUT2D eigenvalue weighted by Crippen LogP contribution is -2.05. The summed E-state index contributed by atoms with van der Waals surface area (Å²) in [5.74, 6) is 0. The molecule has 3 heterocycles. The number of nitrogens with two attached hydrogens (primary N) is 1. The highest BCUT2D eigenvalue weighted by Gasteiger charge is 2.14. The topological polar surface area (TPSA) is 69.1 Å². The lowest BCUT2D eigenvalue weighted by molar-refractivity contribution is 0.838. The number of rotatable bonds is 2. The average Bonchev–Trinajstić information content (AvgIpc) is 2.77. The summed E-state index contributed by atoms with van der Waals surface area (Å²) >= 11 is 3.54. The van der Waals surface area contributed by atoms with E-state index in [0.717, 1.165) is 27.1 Å². The summed E-state index contributed by atoms with van der Waals surface area (Å²) in [6.07, 6.45) is 5.21. The standard InChI is InChI=1S/C12H10BrN5/c13-10-11(8-1-4-15-5-2-8)17-18-9(7-14)3-6-16-12(10)18/h1-6H,7,14H2. The Morgan fingerprint density at radius 3 is 2.67 bits per heavy atom. The van der Waals surface area contributed by atoms with Gasteiger partial charge in [-0.05, 0) is 34.1 Å². The molecule has 0 spiro atoms. The van der Waals surface area contributed by atoms with Crippen molar-refractivity contribution in [3.8, 4) is 11.3 Å². The van der Waals surface area contributed by atoms with Crippen LogP contribution in [0.1, 0.15) is 5.69 Å². The maximum absolute atomic E-state index is 5.70. The molecular weight excluding hydrogens is 294 g/mol.